The smallest absolute Gasteiger partial charge is 0.0179 e. The topological polar surface area (TPSA) is 0 Å². The highest BCUT2D eigenvalue weighted by Crippen LogP contribution is 2.36. The van der Waals surface area contributed by atoms with Crippen molar-refractivity contribution >= 4 is 8.58 Å². The molecule has 0 heterocycles. The van der Waals surface area contributed by atoms with Crippen molar-refractivity contribution in [2.75, 3.05) is 6.16 Å². The van der Waals surface area contributed by atoms with Crippen molar-refractivity contribution in [2.45, 2.75) is 142 Å². The van der Waals surface area contributed by atoms with Crippen LogP contribution in [-0.2, 0) is 0 Å². The van der Waals surface area contributed by atoms with Crippen LogP contribution in [0.4, 0.5) is 0 Å². The lowest BCUT2D eigenvalue weighted by atomic mass is 10.0. The summed E-state index contributed by atoms with van der Waals surface area (Å²) >= 11 is 0. The summed E-state index contributed by atoms with van der Waals surface area (Å²) < 4.78 is 0. The molecule has 0 aromatic rings. The molecule has 0 saturated heterocycles. The van der Waals surface area contributed by atoms with E-state index in [0.717, 1.165) is 0 Å². The van der Waals surface area contributed by atoms with Crippen LogP contribution in [0.15, 0.2) is 0 Å². The first-order valence-corrected chi connectivity index (χ1v) is 12.6. The van der Waals surface area contributed by atoms with Crippen LogP contribution in [-0.4, -0.2) is 11.3 Å². The minimum absolute atomic E-state index is 0.617. The van der Waals surface area contributed by atoms with Crippen molar-refractivity contribution in [2.24, 2.45) is 0 Å². The first kappa shape index (κ1) is 24.4. The van der Waals surface area contributed by atoms with Gasteiger partial charge in [-0.3, -0.25) is 0 Å². The maximum absolute atomic E-state index is 2.50. The molecule has 0 aliphatic rings. The third kappa shape index (κ3) is 18.8. The van der Waals surface area contributed by atoms with Crippen LogP contribution in [0.3, 0.4) is 0 Å². The standard InChI is InChI=1S/C23H49P/c1-5-7-9-11-12-13-14-15-16-17-18-20-22-24-23(3,4)21-19-10-8-6-2/h24H,5-22H2,1-4H3. The maximum Gasteiger partial charge on any atom is -0.0179 e. The van der Waals surface area contributed by atoms with E-state index in [4.69, 9.17) is 0 Å². The average Bonchev–Trinajstić information content (AvgIpc) is 2.56. The summed E-state index contributed by atoms with van der Waals surface area (Å²) in [5.74, 6) is 0. The SMILES string of the molecule is CCCCCCCCCCCCCCPC(C)(C)CCCCCC. The quantitative estimate of drug-likeness (QED) is 0.160. The Balaban J connectivity index is 3.23. The molecule has 0 saturated carbocycles. The molecule has 0 rings (SSSR count). The monoisotopic (exact) mass is 356 g/mol. The molecular formula is C23H49P. The predicted molar refractivity (Wildman–Crippen MR) is 117 cm³/mol. The third-order valence-corrected chi connectivity index (χ3v) is 7.10. The molecule has 1 unspecified atom stereocenters. The highest BCUT2D eigenvalue weighted by Gasteiger charge is 2.16. The van der Waals surface area contributed by atoms with Crippen LogP contribution >= 0.6 is 8.58 Å². The van der Waals surface area contributed by atoms with Crippen LogP contribution in [0.5, 0.6) is 0 Å². The molecule has 0 fully saturated rings. The molecule has 0 N–H and O–H groups in total. The molecule has 24 heavy (non-hydrogen) atoms. The Labute approximate surface area is 157 Å². The number of hydrogen-bond donors (Lipinski definition) is 0. The molecule has 0 aromatic carbocycles. The van der Waals surface area contributed by atoms with Crippen LogP contribution in [0.1, 0.15) is 137 Å². The summed E-state index contributed by atoms with van der Waals surface area (Å²) in [6.07, 6.45) is 26.2. The number of unbranched alkanes of at least 4 members (excludes halogenated alkanes) is 14. The van der Waals surface area contributed by atoms with Crippen molar-refractivity contribution in [3.63, 3.8) is 0 Å². The average molecular weight is 357 g/mol. The van der Waals surface area contributed by atoms with E-state index in [1.54, 1.807) is 0 Å². The van der Waals surface area contributed by atoms with Gasteiger partial charge < -0.3 is 0 Å². The molecule has 1 heteroatoms. The lowest BCUT2D eigenvalue weighted by Gasteiger charge is -2.24. The molecule has 0 nitrogen and oxygen atoms in total. The Hall–Kier alpha value is 0.430. The normalized spacial score (nSPS) is 12.5. The molecule has 0 spiro atoms. The summed E-state index contributed by atoms with van der Waals surface area (Å²) in [5, 5.41) is 0.617. The maximum atomic E-state index is 2.50. The predicted octanol–water partition coefficient (Wildman–Crippen LogP) is 9.12. The van der Waals surface area contributed by atoms with E-state index in [2.05, 4.69) is 27.7 Å². The molecule has 0 aliphatic heterocycles. The van der Waals surface area contributed by atoms with Crippen LogP contribution in [0.25, 0.3) is 0 Å². The molecule has 0 bridgehead atoms. The van der Waals surface area contributed by atoms with Gasteiger partial charge in [0, 0.05) is 0 Å². The van der Waals surface area contributed by atoms with Gasteiger partial charge in [-0.15, -0.1) is 8.58 Å². The Kier molecular flexibility index (Phi) is 18.6. The zero-order chi connectivity index (χ0) is 17.9. The lowest BCUT2D eigenvalue weighted by Crippen LogP contribution is -2.13. The van der Waals surface area contributed by atoms with Gasteiger partial charge in [0.05, 0.1) is 0 Å². The summed E-state index contributed by atoms with van der Waals surface area (Å²) in [5.41, 5.74) is 0. The summed E-state index contributed by atoms with van der Waals surface area (Å²) in [7, 11) is 1.18. The fraction of sp³-hybridized carbons (Fsp3) is 1.00. The van der Waals surface area contributed by atoms with Gasteiger partial charge in [0.2, 0.25) is 0 Å². The van der Waals surface area contributed by atoms with Gasteiger partial charge in [0.25, 0.3) is 0 Å². The second-order valence-corrected chi connectivity index (χ2v) is 10.7. The van der Waals surface area contributed by atoms with E-state index in [9.17, 15) is 0 Å². The Bertz CT molecular complexity index is 234. The molecule has 146 valence electrons. The van der Waals surface area contributed by atoms with Gasteiger partial charge in [-0.25, -0.2) is 0 Å². The zero-order valence-electron chi connectivity index (χ0n) is 17.7. The Morgan fingerprint density at radius 2 is 0.875 bits per heavy atom. The van der Waals surface area contributed by atoms with Crippen LogP contribution in [0, 0.1) is 0 Å². The molecule has 0 aromatic heterocycles. The molecule has 0 amide bonds. The van der Waals surface area contributed by atoms with Crippen molar-refractivity contribution in [3.8, 4) is 0 Å². The molecule has 1 atom stereocenters. The van der Waals surface area contributed by atoms with Crippen molar-refractivity contribution in [1.82, 2.24) is 0 Å². The first-order valence-electron chi connectivity index (χ1n) is 11.4. The zero-order valence-corrected chi connectivity index (χ0v) is 18.7. The third-order valence-electron chi connectivity index (χ3n) is 5.29. The number of hydrogen-bond acceptors (Lipinski definition) is 0. The van der Waals surface area contributed by atoms with E-state index in [0.29, 0.717) is 5.16 Å². The molecule has 0 radical (unpaired) electrons. The van der Waals surface area contributed by atoms with Crippen molar-refractivity contribution < 1.29 is 0 Å². The summed E-state index contributed by atoms with van der Waals surface area (Å²) in [6.45, 7) is 9.60. The minimum Gasteiger partial charge on any atom is -0.116 e. The highest BCUT2D eigenvalue weighted by atomic mass is 31.1. The highest BCUT2D eigenvalue weighted by molar-refractivity contribution is 7.39. The molecular weight excluding hydrogens is 307 g/mol. The summed E-state index contributed by atoms with van der Waals surface area (Å²) in [6, 6.07) is 0. The minimum atomic E-state index is 0.617. The van der Waals surface area contributed by atoms with E-state index in [-0.39, 0.29) is 0 Å². The van der Waals surface area contributed by atoms with Gasteiger partial charge in [-0.05, 0) is 24.2 Å². The number of rotatable bonds is 19. The molecule has 0 aliphatic carbocycles. The fourth-order valence-corrected chi connectivity index (χ4v) is 4.93. The van der Waals surface area contributed by atoms with E-state index < -0.39 is 0 Å². The van der Waals surface area contributed by atoms with E-state index in [1.807, 2.05) is 0 Å². The van der Waals surface area contributed by atoms with Crippen molar-refractivity contribution in [3.05, 3.63) is 0 Å². The second-order valence-electron chi connectivity index (χ2n) is 8.51. The van der Waals surface area contributed by atoms with E-state index >= 15 is 0 Å². The lowest BCUT2D eigenvalue weighted by molar-refractivity contribution is 0.545. The van der Waals surface area contributed by atoms with Crippen LogP contribution < -0.4 is 0 Å². The fourth-order valence-electron chi connectivity index (χ4n) is 3.47. The van der Waals surface area contributed by atoms with Gasteiger partial charge in [-0.2, -0.15) is 0 Å². The second kappa shape index (κ2) is 18.2. The van der Waals surface area contributed by atoms with Gasteiger partial charge in [-0.1, -0.05) is 124 Å². The van der Waals surface area contributed by atoms with E-state index in [1.165, 1.54) is 124 Å². The van der Waals surface area contributed by atoms with Gasteiger partial charge >= 0.3 is 0 Å². The van der Waals surface area contributed by atoms with Crippen molar-refractivity contribution in [1.29, 1.82) is 0 Å². The van der Waals surface area contributed by atoms with Gasteiger partial charge in [0.1, 0.15) is 0 Å². The Morgan fingerprint density at radius 3 is 1.33 bits per heavy atom. The van der Waals surface area contributed by atoms with Crippen LogP contribution in [0.2, 0.25) is 0 Å². The Morgan fingerprint density at radius 1 is 0.500 bits per heavy atom. The van der Waals surface area contributed by atoms with Gasteiger partial charge in [0.15, 0.2) is 0 Å². The first-order chi connectivity index (χ1) is 11.6. The summed E-state index contributed by atoms with van der Waals surface area (Å²) in [4.78, 5) is 0. The largest absolute Gasteiger partial charge is 0.116 e.